The first-order valence-corrected chi connectivity index (χ1v) is 9.37. The highest BCUT2D eigenvalue weighted by atomic mass is 35.5. The molecule has 140 valence electrons. The molecule has 1 saturated heterocycles. The molecule has 1 aromatic carbocycles. The van der Waals surface area contributed by atoms with E-state index in [9.17, 15) is 9.59 Å². The summed E-state index contributed by atoms with van der Waals surface area (Å²) in [4.78, 5) is 24.2. The minimum Gasteiger partial charge on any atom is -0.460 e. The Kier molecular flexibility index (Phi) is 5.98. The number of furan rings is 1. The molecule has 2 amide bonds. The standard InChI is InChI=1S/C18H17ClN4O3S/c1-10-3-5-12(7-14(10)19)21-16(24)8-15-17(25)22-18(27-15)23-20-9-13-6-4-11(2)26-13/h3-7,9,15H,8H2,1-2H3,(H,21,24)(H,22,23,25)/b20-9-/t15-/m1/s1. The third-order valence-corrected chi connectivity index (χ3v) is 5.18. The predicted molar refractivity (Wildman–Crippen MR) is 107 cm³/mol. The van der Waals surface area contributed by atoms with E-state index in [2.05, 4.69) is 20.8 Å². The fourth-order valence-electron chi connectivity index (χ4n) is 2.30. The molecule has 1 fully saturated rings. The largest absolute Gasteiger partial charge is 0.460 e. The van der Waals surface area contributed by atoms with Crippen LogP contribution in [-0.4, -0.2) is 28.4 Å². The summed E-state index contributed by atoms with van der Waals surface area (Å²) >= 11 is 7.21. The molecule has 7 nitrogen and oxygen atoms in total. The van der Waals surface area contributed by atoms with Crippen LogP contribution in [0.4, 0.5) is 5.69 Å². The molecular weight excluding hydrogens is 388 g/mol. The third kappa shape index (κ3) is 5.21. The van der Waals surface area contributed by atoms with Gasteiger partial charge >= 0.3 is 0 Å². The molecule has 2 N–H and O–H groups in total. The number of amides is 2. The molecule has 2 aromatic rings. The van der Waals surface area contributed by atoms with Gasteiger partial charge in [0.15, 0.2) is 5.17 Å². The summed E-state index contributed by atoms with van der Waals surface area (Å²) in [7, 11) is 0. The quantitative estimate of drug-likeness (QED) is 0.588. The second-order valence-electron chi connectivity index (χ2n) is 5.91. The Morgan fingerprint density at radius 2 is 2.19 bits per heavy atom. The summed E-state index contributed by atoms with van der Waals surface area (Å²) < 4.78 is 5.34. The molecule has 0 saturated carbocycles. The van der Waals surface area contributed by atoms with E-state index in [1.165, 1.54) is 6.21 Å². The van der Waals surface area contributed by atoms with Crippen molar-refractivity contribution in [1.82, 2.24) is 5.32 Å². The van der Waals surface area contributed by atoms with E-state index in [0.717, 1.165) is 23.1 Å². The first kappa shape index (κ1) is 19.2. The van der Waals surface area contributed by atoms with E-state index < -0.39 is 5.25 Å². The fraction of sp³-hybridized carbons (Fsp3) is 0.222. The van der Waals surface area contributed by atoms with E-state index in [1.807, 2.05) is 26.0 Å². The number of anilines is 1. The average molecular weight is 405 g/mol. The Balaban J connectivity index is 1.55. The molecule has 0 bridgehead atoms. The fourth-order valence-corrected chi connectivity index (χ4v) is 3.40. The van der Waals surface area contributed by atoms with Gasteiger partial charge in [0.2, 0.25) is 11.8 Å². The maximum atomic E-state index is 12.2. The number of nitrogens with one attached hydrogen (secondary N) is 2. The molecule has 1 aromatic heterocycles. The number of amidine groups is 1. The second-order valence-corrected chi connectivity index (χ2v) is 7.51. The Morgan fingerprint density at radius 3 is 2.89 bits per heavy atom. The van der Waals surface area contributed by atoms with Crippen molar-refractivity contribution in [2.24, 2.45) is 10.2 Å². The van der Waals surface area contributed by atoms with E-state index in [0.29, 0.717) is 21.6 Å². The smallest absolute Gasteiger partial charge is 0.240 e. The van der Waals surface area contributed by atoms with Crippen LogP contribution in [0.1, 0.15) is 23.5 Å². The zero-order chi connectivity index (χ0) is 19.4. The summed E-state index contributed by atoms with van der Waals surface area (Å²) in [6.45, 7) is 3.71. The molecule has 3 rings (SSSR count). The van der Waals surface area contributed by atoms with E-state index >= 15 is 0 Å². The number of hydrogen-bond donors (Lipinski definition) is 2. The Morgan fingerprint density at radius 1 is 1.37 bits per heavy atom. The van der Waals surface area contributed by atoms with Crippen molar-refractivity contribution < 1.29 is 14.0 Å². The zero-order valence-corrected chi connectivity index (χ0v) is 16.2. The topological polar surface area (TPSA) is 96.1 Å². The van der Waals surface area contributed by atoms with Crippen molar-refractivity contribution in [3.63, 3.8) is 0 Å². The highest BCUT2D eigenvalue weighted by Crippen LogP contribution is 2.24. The van der Waals surface area contributed by atoms with Gasteiger partial charge in [-0.2, -0.15) is 5.10 Å². The number of hydrogen-bond acceptors (Lipinski definition) is 6. The Bertz CT molecular complexity index is 938. The van der Waals surface area contributed by atoms with Crippen molar-refractivity contribution in [3.8, 4) is 0 Å². The van der Waals surface area contributed by atoms with E-state index in [4.69, 9.17) is 16.0 Å². The van der Waals surface area contributed by atoms with Gasteiger partial charge in [0.05, 0.1) is 6.21 Å². The average Bonchev–Trinajstić information content (AvgIpc) is 3.17. The number of nitrogens with zero attached hydrogens (tertiary/aromatic N) is 2. The molecule has 2 heterocycles. The molecule has 27 heavy (non-hydrogen) atoms. The summed E-state index contributed by atoms with van der Waals surface area (Å²) in [5.74, 6) is 0.783. The molecular formula is C18H17ClN4O3S. The van der Waals surface area contributed by atoms with Gasteiger partial charge in [0.25, 0.3) is 0 Å². The summed E-state index contributed by atoms with van der Waals surface area (Å²) in [6.07, 6.45) is 1.47. The Labute approximate surface area is 165 Å². The van der Waals surface area contributed by atoms with Crippen molar-refractivity contribution in [1.29, 1.82) is 0 Å². The van der Waals surface area contributed by atoms with Crippen molar-refractivity contribution >= 4 is 52.2 Å². The monoisotopic (exact) mass is 404 g/mol. The van der Waals surface area contributed by atoms with Crippen LogP contribution in [0.25, 0.3) is 0 Å². The molecule has 1 atom stereocenters. The first-order valence-electron chi connectivity index (χ1n) is 8.11. The molecule has 0 unspecified atom stereocenters. The summed E-state index contributed by atoms with van der Waals surface area (Å²) in [5, 5.41) is 13.5. The van der Waals surface area contributed by atoms with Gasteiger partial charge < -0.3 is 15.1 Å². The number of rotatable bonds is 5. The molecule has 0 spiro atoms. The summed E-state index contributed by atoms with van der Waals surface area (Å²) in [6, 6.07) is 8.84. The lowest BCUT2D eigenvalue weighted by Gasteiger charge is -2.08. The van der Waals surface area contributed by atoms with Crippen LogP contribution in [0, 0.1) is 13.8 Å². The number of carbonyl (C=O) groups is 2. The van der Waals surface area contributed by atoms with Gasteiger partial charge in [-0.1, -0.05) is 29.4 Å². The van der Waals surface area contributed by atoms with Crippen LogP contribution in [-0.2, 0) is 9.59 Å². The van der Waals surface area contributed by atoms with Crippen molar-refractivity contribution in [2.45, 2.75) is 25.5 Å². The third-order valence-electron chi connectivity index (χ3n) is 3.70. The maximum absolute atomic E-state index is 12.2. The number of aryl methyl sites for hydroxylation is 2. The van der Waals surface area contributed by atoms with Gasteiger partial charge in [0, 0.05) is 17.1 Å². The first-order chi connectivity index (χ1) is 12.9. The molecule has 0 aliphatic carbocycles. The number of thioether (sulfide) groups is 1. The van der Waals surface area contributed by atoms with Crippen LogP contribution in [0.3, 0.4) is 0 Å². The second kappa shape index (κ2) is 8.41. The van der Waals surface area contributed by atoms with Crippen LogP contribution in [0.15, 0.2) is 45.0 Å². The highest BCUT2D eigenvalue weighted by molar-refractivity contribution is 8.15. The van der Waals surface area contributed by atoms with E-state index in [-0.39, 0.29) is 18.2 Å². The van der Waals surface area contributed by atoms with Crippen LogP contribution < -0.4 is 10.6 Å². The maximum Gasteiger partial charge on any atom is 0.240 e. The van der Waals surface area contributed by atoms with Crippen LogP contribution >= 0.6 is 23.4 Å². The lowest BCUT2D eigenvalue weighted by molar-refractivity contribution is -0.122. The lowest BCUT2D eigenvalue weighted by Crippen LogP contribution is -2.28. The van der Waals surface area contributed by atoms with Gasteiger partial charge in [0.1, 0.15) is 16.8 Å². The minimum absolute atomic E-state index is 0.0160. The molecule has 1 aliphatic rings. The van der Waals surface area contributed by atoms with Gasteiger partial charge in [-0.05, 0) is 43.7 Å². The molecule has 9 heteroatoms. The zero-order valence-electron chi connectivity index (χ0n) is 14.7. The van der Waals surface area contributed by atoms with Gasteiger partial charge in [-0.3, -0.25) is 9.59 Å². The number of carbonyl (C=O) groups excluding carboxylic acids is 2. The molecule has 0 radical (unpaired) electrons. The SMILES string of the molecule is Cc1ccc(/C=N\N=C2/NC(=O)[C@@H](CC(=O)Nc3ccc(C)c(Cl)c3)S2)o1. The van der Waals surface area contributed by atoms with Crippen LogP contribution in [0.2, 0.25) is 5.02 Å². The normalized spacial score (nSPS) is 18.3. The lowest BCUT2D eigenvalue weighted by atomic mass is 10.2. The van der Waals surface area contributed by atoms with Crippen molar-refractivity contribution in [2.75, 3.05) is 5.32 Å². The Hall–Kier alpha value is -2.58. The molecule has 1 aliphatic heterocycles. The van der Waals surface area contributed by atoms with Gasteiger partial charge in [-0.15, -0.1) is 5.10 Å². The number of benzene rings is 1. The van der Waals surface area contributed by atoms with E-state index in [1.54, 1.807) is 18.2 Å². The summed E-state index contributed by atoms with van der Waals surface area (Å²) in [5.41, 5.74) is 1.51. The predicted octanol–water partition coefficient (Wildman–Crippen LogP) is 3.50. The van der Waals surface area contributed by atoms with Crippen molar-refractivity contribution in [3.05, 3.63) is 52.4 Å². The van der Waals surface area contributed by atoms with Crippen LogP contribution in [0.5, 0.6) is 0 Å². The highest BCUT2D eigenvalue weighted by Gasteiger charge is 2.32. The van der Waals surface area contributed by atoms with Gasteiger partial charge in [-0.25, -0.2) is 0 Å². The number of halogens is 1. The minimum atomic E-state index is -0.564.